The number of benzene rings is 1. The van der Waals surface area contributed by atoms with E-state index in [0.717, 1.165) is 0 Å². The molecule has 0 saturated carbocycles. The van der Waals surface area contributed by atoms with Gasteiger partial charge in [0.1, 0.15) is 5.75 Å². The zero-order chi connectivity index (χ0) is 8.97. The molecule has 0 atom stereocenters. The van der Waals surface area contributed by atoms with Crippen molar-refractivity contribution in [2.75, 3.05) is 11.6 Å². The van der Waals surface area contributed by atoms with E-state index in [4.69, 9.17) is 5.11 Å². The first-order chi connectivity index (χ1) is 5.77. The molecule has 0 aliphatic heterocycles. The topological polar surface area (TPSA) is 52.9 Å². The summed E-state index contributed by atoms with van der Waals surface area (Å²) in [4.78, 5) is 10.2. The fourth-order valence-electron chi connectivity index (χ4n) is 0.912. The number of anilines is 1. The van der Waals surface area contributed by atoms with Gasteiger partial charge in [0.05, 0.1) is 11.0 Å². The van der Waals surface area contributed by atoms with Gasteiger partial charge in [0.15, 0.2) is 0 Å². The fraction of sp³-hybridized carbons (Fsp3) is 0.250. The van der Waals surface area contributed by atoms with Gasteiger partial charge in [0.2, 0.25) is 0 Å². The summed E-state index contributed by atoms with van der Waals surface area (Å²) in [5.41, 5.74) is 0.685. The van der Waals surface area contributed by atoms with Crippen LogP contribution in [0.3, 0.4) is 0 Å². The Morgan fingerprint density at radius 1 is 1.42 bits per heavy atom. The zero-order valence-corrected chi connectivity index (χ0v) is 6.77. The lowest BCUT2D eigenvalue weighted by Crippen LogP contribution is -2.13. The molecule has 12 heavy (non-hydrogen) atoms. The number of rotatable bonds is 3. The van der Waals surface area contributed by atoms with Crippen molar-refractivity contribution in [2.45, 2.75) is 6.92 Å². The number of phenolic OH excluding ortho intramolecular Hbond substituents is 1. The van der Waals surface area contributed by atoms with E-state index in [0.29, 0.717) is 12.2 Å². The number of nitroso groups, excluding NO2 is 1. The monoisotopic (exact) mass is 166 g/mol. The molecule has 0 saturated heterocycles. The molecule has 4 nitrogen and oxygen atoms in total. The minimum absolute atomic E-state index is 0.181. The van der Waals surface area contributed by atoms with Gasteiger partial charge in [0, 0.05) is 6.54 Å². The highest BCUT2D eigenvalue weighted by molar-refractivity contribution is 5.47. The normalized spacial score (nSPS) is 9.42. The Labute approximate surface area is 70.4 Å². The third kappa shape index (κ3) is 1.72. The average molecular weight is 166 g/mol. The molecule has 0 aliphatic carbocycles. The van der Waals surface area contributed by atoms with Crippen LogP contribution in [0.25, 0.3) is 0 Å². The summed E-state index contributed by atoms with van der Waals surface area (Å²) in [5, 5.41) is 13.1. The lowest BCUT2D eigenvalue weighted by atomic mass is 10.3. The van der Waals surface area contributed by atoms with Gasteiger partial charge < -0.3 is 5.11 Å². The van der Waals surface area contributed by atoms with Crippen LogP contribution in [0, 0.1) is 4.91 Å². The number of hydrogen-bond acceptors (Lipinski definition) is 3. The molecule has 0 fully saturated rings. The van der Waals surface area contributed by atoms with Gasteiger partial charge in [-0.25, -0.2) is 5.01 Å². The van der Waals surface area contributed by atoms with Crippen LogP contribution in [-0.4, -0.2) is 11.7 Å². The molecule has 0 amide bonds. The van der Waals surface area contributed by atoms with Crippen LogP contribution in [0.2, 0.25) is 0 Å². The Morgan fingerprint density at radius 2 is 2.00 bits per heavy atom. The number of hydrogen-bond donors (Lipinski definition) is 1. The summed E-state index contributed by atoms with van der Waals surface area (Å²) in [7, 11) is 0. The highest BCUT2D eigenvalue weighted by Crippen LogP contribution is 2.17. The molecule has 0 aromatic heterocycles. The van der Waals surface area contributed by atoms with Crippen LogP contribution in [0.5, 0.6) is 5.75 Å². The Morgan fingerprint density at radius 3 is 2.42 bits per heavy atom. The summed E-state index contributed by atoms with van der Waals surface area (Å²) in [6, 6.07) is 6.31. The second-order valence-corrected chi connectivity index (χ2v) is 2.31. The minimum Gasteiger partial charge on any atom is -0.508 e. The predicted molar refractivity (Wildman–Crippen MR) is 46.9 cm³/mol. The van der Waals surface area contributed by atoms with Crippen molar-refractivity contribution in [3.63, 3.8) is 0 Å². The quantitative estimate of drug-likeness (QED) is 0.551. The number of nitrogens with zero attached hydrogens (tertiary/aromatic N) is 2. The van der Waals surface area contributed by atoms with Crippen molar-refractivity contribution < 1.29 is 5.11 Å². The summed E-state index contributed by atoms with van der Waals surface area (Å²) in [6.07, 6.45) is 0. The molecule has 0 bridgehead atoms. The molecule has 1 N–H and O–H groups in total. The second-order valence-electron chi connectivity index (χ2n) is 2.31. The Hall–Kier alpha value is -1.58. The van der Waals surface area contributed by atoms with E-state index in [1.165, 1.54) is 17.1 Å². The lowest BCUT2D eigenvalue weighted by molar-refractivity contribution is 0.475. The van der Waals surface area contributed by atoms with Gasteiger partial charge in [-0.3, -0.25) is 0 Å². The summed E-state index contributed by atoms with van der Waals surface area (Å²) < 4.78 is 0. The molecule has 4 heteroatoms. The third-order valence-corrected chi connectivity index (χ3v) is 1.55. The van der Waals surface area contributed by atoms with Crippen molar-refractivity contribution in [3.8, 4) is 5.75 Å². The molecule has 64 valence electrons. The maximum atomic E-state index is 10.2. The van der Waals surface area contributed by atoms with Crippen molar-refractivity contribution in [1.82, 2.24) is 0 Å². The summed E-state index contributed by atoms with van der Waals surface area (Å²) in [5.74, 6) is 0.181. The first-order valence-electron chi connectivity index (χ1n) is 3.67. The lowest BCUT2D eigenvalue weighted by Gasteiger charge is -2.11. The molecule has 0 unspecified atom stereocenters. The molecule has 1 aromatic rings. The molecule has 0 spiro atoms. The maximum Gasteiger partial charge on any atom is 0.115 e. The van der Waals surface area contributed by atoms with Crippen LogP contribution in [0.1, 0.15) is 6.92 Å². The molecule has 1 aromatic carbocycles. The van der Waals surface area contributed by atoms with Crippen LogP contribution >= 0.6 is 0 Å². The first kappa shape index (κ1) is 8.52. The third-order valence-electron chi connectivity index (χ3n) is 1.55. The van der Waals surface area contributed by atoms with E-state index >= 15 is 0 Å². The molecule has 1 rings (SSSR count). The Kier molecular flexibility index (Phi) is 2.63. The van der Waals surface area contributed by atoms with Gasteiger partial charge in [-0.05, 0) is 31.2 Å². The molecular weight excluding hydrogens is 156 g/mol. The zero-order valence-electron chi connectivity index (χ0n) is 6.77. The van der Waals surface area contributed by atoms with Crippen LogP contribution in [0.4, 0.5) is 5.69 Å². The van der Waals surface area contributed by atoms with Crippen LogP contribution < -0.4 is 5.01 Å². The Balaban J connectivity index is 2.87. The minimum atomic E-state index is 0.181. The van der Waals surface area contributed by atoms with Gasteiger partial charge in [-0.1, -0.05) is 0 Å². The van der Waals surface area contributed by atoms with E-state index in [1.807, 2.05) is 6.92 Å². The van der Waals surface area contributed by atoms with Crippen molar-refractivity contribution in [3.05, 3.63) is 29.2 Å². The average Bonchev–Trinajstić information content (AvgIpc) is 2.10. The van der Waals surface area contributed by atoms with Gasteiger partial charge >= 0.3 is 0 Å². The maximum absolute atomic E-state index is 10.2. The highest BCUT2D eigenvalue weighted by atomic mass is 16.3. The SMILES string of the molecule is CCN(N=O)c1ccc(O)cc1. The fourth-order valence-corrected chi connectivity index (χ4v) is 0.912. The van der Waals surface area contributed by atoms with E-state index in [1.54, 1.807) is 12.1 Å². The van der Waals surface area contributed by atoms with Gasteiger partial charge in [-0.15, -0.1) is 4.91 Å². The van der Waals surface area contributed by atoms with E-state index in [2.05, 4.69) is 5.29 Å². The summed E-state index contributed by atoms with van der Waals surface area (Å²) >= 11 is 0. The van der Waals surface area contributed by atoms with E-state index in [-0.39, 0.29) is 5.75 Å². The van der Waals surface area contributed by atoms with Crippen molar-refractivity contribution >= 4 is 5.69 Å². The van der Waals surface area contributed by atoms with Gasteiger partial charge in [0.25, 0.3) is 0 Å². The highest BCUT2D eigenvalue weighted by Gasteiger charge is 2.01. The smallest absolute Gasteiger partial charge is 0.115 e. The molecule has 0 aliphatic rings. The van der Waals surface area contributed by atoms with Crippen molar-refractivity contribution in [2.24, 2.45) is 5.29 Å². The van der Waals surface area contributed by atoms with E-state index < -0.39 is 0 Å². The molecule has 0 heterocycles. The van der Waals surface area contributed by atoms with E-state index in [9.17, 15) is 4.91 Å². The predicted octanol–water partition coefficient (Wildman–Crippen LogP) is 1.90. The second kappa shape index (κ2) is 3.71. The molecular formula is C8H10N2O2. The molecule has 0 radical (unpaired) electrons. The number of phenols is 1. The van der Waals surface area contributed by atoms with Crippen LogP contribution in [-0.2, 0) is 0 Å². The largest absolute Gasteiger partial charge is 0.508 e. The van der Waals surface area contributed by atoms with Crippen molar-refractivity contribution in [1.29, 1.82) is 0 Å². The summed E-state index contributed by atoms with van der Waals surface area (Å²) in [6.45, 7) is 2.35. The Bertz CT molecular complexity index is 258. The van der Waals surface area contributed by atoms with Crippen LogP contribution in [0.15, 0.2) is 29.6 Å². The van der Waals surface area contributed by atoms with Gasteiger partial charge in [-0.2, -0.15) is 0 Å². The standard InChI is InChI=1S/C8H10N2O2/c1-2-10(9-12)7-3-5-8(11)6-4-7/h3-6,11H,2H2,1H3. The number of aromatic hydroxyl groups is 1. The first-order valence-corrected chi connectivity index (χ1v) is 3.67.